The molecule has 0 atom stereocenters. The Labute approximate surface area is 132 Å². The van der Waals surface area contributed by atoms with E-state index in [1.165, 1.54) is 6.08 Å². The Bertz CT molecular complexity index is 761. The van der Waals surface area contributed by atoms with Crippen LogP contribution in [0, 0.1) is 0 Å². The predicted octanol–water partition coefficient (Wildman–Crippen LogP) is 3.73. The molecule has 0 bridgehead atoms. The average Bonchev–Trinajstić information content (AvgIpc) is 3.22. The summed E-state index contributed by atoms with van der Waals surface area (Å²) in [5.41, 5.74) is 1.68. The number of carbonyl (C=O) groups is 1. The predicted molar refractivity (Wildman–Crippen MR) is 87.1 cm³/mol. The van der Waals surface area contributed by atoms with Crippen molar-refractivity contribution in [3.63, 3.8) is 0 Å². The number of amides is 1. The summed E-state index contributed by atoms with van der Waals surface area (Å²) >= 11 is 1.59. The first-order valence-corrected chi connectivity index (χ1v) is 7.70. The number of carbonyl (C=O) groups excluding carboxylic acids is 1. The summed E-state index contributed by atoms with van der Waals surface area (Å²) in [5.74, 6) is 0.559. The fourth-order valence-electron chi connectivity index (χ4n) is 1.90. The van der Waals surface area contributed by atoms with Gasteiger partial charge in [0.25, 0.3) is 0 Å². The Morgan fingerprint density at radius 2 is 2.09 bits per heavy atom. The van der Waals surface area contributed by atoms with Gasteiger partial charge in [-0.3, -0.25) is 4.79 Å². The molecule has 1 amide bonds. The number of nitrogens with one attached hydrogen (secondary N) is 1. The van der Waals surface area contributed by atoms with Crippen LogP contribution in [0.3, 0.4) is 0 Å². The topological polar surface area (TPSA) is 55.1 Å². The summed E-state index contributed by atoms with van der Waals surface area (Å²) in [5, 5.41) is 8.72. The summed E-state index contributed by atoms with van der Waals surface area (Å²) < 4.78 is 5.26. The molecule has 0 fully saturated rings. The van der Waals surface area contributed by atoms with Crippen LogP contribution in [0.4, 0.5) is 0 Å². The molecule has 3 rings (SSSR count). The first-order chi connectivity index (χ1) is 10.8. The van der Waals surface area contributed by atoms with Crippen molar-refractivity contribution in [1.82, 2.24) is 10.5 Å². The SMILES string of the molecule is O=C(/C=C\c1ccccc1)NCc1cc(-c2cccs2)on1. The van der Waals surface area contributed by atoms with Crippen molar-refractivity contribution >= 4 is 23.3 Å². The Kier molecular flexibility index (Phi) is 4.46. The summed E-state index contributed by atoms with van der Waals surface area (Å²) in [7, 11) is 0. The van der Waals surface area contributed by atoms with Gasteiger partial charge in [-0.1, -0.05) is 41.6 Å². The maximum absolute atomic E-state index is 11.8. The maximum Gasteiger partial charge on any atom is 0.244 e. The van der Waals surface area contributed by atoms with Gasteiger partial charge < -0.3 is 9.84 Å². The van der Waals surface area contributed by atoms with Crippen LogP contribution in [-0.2, 0) is 11.3 Å². The number of hydrogen-bond acceptors (Lipinski definition) is 4. The molecule has 0 saturated carbocycles. The van der Waals surface area contributed by atoms with E-state index in [2.05, 4.69) is 10.5 Å². The maximum atomic E-state index is 11.8. The highest BCUT2D eigenvalue weighted by Crippen LogP contribution is 2.24. The second-order valence-electron chi connectivity index (χ2n) is 4.62. The Morgan fingerprint density at radius 3 is 2.86 bits per heavy atom. The molecule has 1 N–H and O–H groups in total. The summed E-state index contributed by atoms with van der Waals surface area (Å²) in [6.45, 7) is 0.340. The number of benzene rings is 1. The van der Waals surface area contributed by atoms with Crippen LogP contribution in [0.2, 0.25) is 0 Å². The van der Waals surface area contributed by atoms with Crippen LogP contribution in [0.5, 0.6) is 0 Å². The van der Waals surface area contributed by atoms with Gasteiger partial charge in [-0.05, 0) is 23.1 Å². The van der Waals surface area contributed by atoms with Crippen molar-refractivity contribution in [2.75, 3.05) is 0 Å². The number of rotatable bonds is 5. The third-order valence-corrected chi connectivity index (χ3v) is 3.88. The minimum absolute atomic E-state index is 0.162. The van der Waals surface area contributed by atoms with Gasteiger partial charge in [0.15, 0.2) is 5.76 Å². The molecular weight excluding hydrogens is 296 g/mol. The molecule has 22 heavy (non-hydrogen) atoms. The van der Waals surface area contributed by atoms with E-state index in [4.69, 9.17) is 4.52 Å². The van der Waals surface area contributed by atoms with Gasteiger partial charge in [-0.25, -0.2) is 0 Å². The molecule has 3 aromatic rings. The molecule has 0 aliphatic rings. The number of thiophene rings is 1. The average molecular weight is 310 g/mol. The molecule has 0 aliphatic heterocycles. The van der Waals surface area contributed by atoms with E-state index in [1.807, 2.05) is 53.9 Å². The third-order valence-electron chi connectivity index (χ3n) is 2.99. The second-order valence-corrected chi connectivity index (χ2v) is 5.57. The smallest absolute Gasteiger partial charge is 0.244 e. The van der Waals surface area contributed by atoms with Crippen molar-refractivity contribution in [3.8, 4) is 10.6 Å². The van der Waals surface area contributed by atoms with Gasteiger partial charge in [0.1, 0.15) is 5.69 Å². The van der Waals surface area contributed by atoms with Gasteiger partial charge in [0.2, 0.25) is 5.91 Å². The van der Waals surface area contributed by atoms with E-state index in [0.29, 0.717) is 12.2 Å². The largest absolute Gasteiger partial charge is 0.355 e. The highest BCUT2D eigenvalue weighted by Gasteiger charge is 2.07. The number of hydrogen-bond donors (Lipinski definition) is 1. The molecule has 5 heteroatoms. The zero-order valence-electron chi connectivity index (χ0n) is 11.7. The minimum atomic E-state index is -0.162. The van der Waals surface area contributed by atoms with Gasteiger partial charge in [0.05, 0.1) is 11.4 Å². The van der Waals surface area contributed by atoms with Crippen molar-refractivity contribution in [2.24, 2.45) is 0 Å². The van der Waals surface area contributed by atoms with Crippen LogP contribution < -0.4 is 5.32 Å². The molecule has 1 aromatic carbocycles. The van der Waals surface area contributed by atoms with Crippen molar-refractivity contribution in [2.45, 2.75) is 6.54 Å². The van der Waals surface area contributed by atoms with Gasteiger partial charge in [-0.2, -0.15) is 0 Å². The number of aromatic nitrogens is 1. The van der Waals surface area contributed by atoms with E-state index in [9.17, 15) is 4.79 Å². The Balaban J connectivity index is 1.54. The van der Waals surface area contributed by atoms with Crippen molar-refractivity contribution in [1.29, 1.82) is 0 Å². The van der Waals surface area contributed by atoms with E-state index in [0.717, 1.165) is 16.2 Å². The van der Waals surface area contributed by atoms with Crippen molar-refractivity contribution in [3.05, 3.63) is 71.2 Å². The van der Waals surface area contributed by atoms with Crippen LogP contribution in [-0.4, -0.2) is 11.1 Å². The fraction of sp³-hybridized carbons (Fsp3) is 0.0588. The molecule has 4 nitrogen and oxygen atoms in total. The summed E-state index contributed by atoms with van der Waals surface area (Å²) in [6.07, 6.45) is 3.28. The van der Waals surface area contributed by atoms with Gasteiger partial charge in [-0.15, -0.1) is 11.3 Å². The summed E-state index contributed by atoms with van der Waals surface area (Å²) in [4.78, 5) is 12.8. The van der Waals surface area contributed by atoms with Crippen LogP contribution >= 0.6 is 11.3 Å². The molecule has 0 unspecified atom stereocenters. The van der Waals surface area contributed by atoms with Gasteiger partial charge >= 0.3 is 0 Å². The zero-order chi connectivity index (χ0) is 15.2. The monoisotopic (exact) mass is 310 g/mol. The zero-order valence-corrected chi connectivity index (χ0v) is 12.5. The molecule has 2 heterocycles. The quantitative estimate of drug-likeness (QED) is 0.731. The molecule has 0 aliphatic carbocycles. The van der Waals surface area contributed by atoms with E-state index in [1.54, 1.807) is 17.4 Å². The first kappa shape index (κ1) is 14.3. The van der Waals surface area contributed by atoms with Gasteiger partial charge in [0, 0.05) is 12.1 Å². The normalized spacial score (nSPS) is 10.9. The van der Waals surface area contributed by atoms with Crippen molar-refractivity contribution < 1.29 is 9.32 Å². The minimum Gasteiger partial charge on any atom is -0.355 e. The first-order valence-electron chi connectivity index (χ1n) is 6.82. The fourth-order valence-corrected chi connectivity index (χ4v) is 2.58. The molecule has 0 radical (unpaired) electrons. The molecule has 0 spiro atoms. The lowest BCUT2D eigenvalue weighted by molar-refractivity contribution is -0.116. The standard InChI is InChI=1S/C17H14N2O2S/c20-17(9-8-13-5-2-1-3-6-13)18-12-14-11-15(21-19-14)16-7-4-10-22-16/h1-11H,12H2,(H,18,20)/b9-8-. The highest BCUT2D eigenvalue weighted by atomic mass is 32.1. The number of nitrogens with zero attached hydrogens (tertiary/aromatic N) is 1. The van der Waals surface area contributed by atoms with Crippen LogP contribution in [0.1, 0.15) is 11.3 Å². The molecule has 110 valence electrons. The highest BCUT2D eigenvalue weighted by molar-refractivity contribution is 7.13. The lowest BCUT2D eigenvalue weighted by Crippen LogP contribution is -2.20. The molecule has 2 aromatic heterocycles. The molecular formula is C17H14N2O2S. The van der Waals surface area contributed by atoms with E-state index >= 15 is 0 Å². The van der Waals surface area contributed by atoms with E-state index in [-0.39, 0.29) is 5.91 Å². The molecule has 0 saturated heterocycles. The van der Waals surface area contributed by atoms with Crippen LogP contribution in [0.25, 0.3) is 16.7 Å². The second kappa shape index (κ2) is 6.87. The Hall–Kier alpha value is -2.66. The lowest BCUT2D eigenvalue weighted by Gasteiger charge is -1.97. The lowest BCUT2D eigenvalue weighted by atomic mass is 10.2. The summed E-state index contributed by atoms with van der Waals surface area (Å²) in [6, 6.07) is 15.4. The Morgan fingerprint density at radius 1 is 1.23 bits per heavy atom. The third kappa shape index (κ3) is 3.71. The van der Waals surface area contributed by atoms with E-state index < -0.39 is 0 Å². The van der Waals surface area contributed by atoms with Crippen LogP contribution in [0.15, 0.2) is 64.5 Å².